The van der Waals surface area contributed by atoms with E-state index in [9.17, 15) is 0 Å². The first-order valence-electron chi connectivity index (χ1n) is 6.72. The Morgan fingerprint density at radius 3 is 3.05 bits per heavy atom. The zero-order valence-corrected chi connectivity index (χ0v) is 11.6. The third kappa shape index (κ3) is 4.04. The van der Waals surface area contributed by atoms with E-state index >= 15 is 0 Å². The van der Waals surface area contributed by atoms with Crippen LogP contribution in [-0.2, 0) is 4.74 Å². The average Bonchev–Trinajstić information content (AvgIpc) is 2.89. The van der Waals surface area contributed by atoms with Crippen molar-refractivity contribution >= 4 is 11.6 Å². The predicted octanol–water partition coefficient (Wildman–Crippen LogP) is 0.804. The van der Waals surface area contributed by atoms with Gasteiger partial charge in [-0.05, 0) is 19.8 Å². The molecule has 0 bridgehead atoms. The van der Waals surface area contributed by atoms with E-state index in [1.165, 1.54) is 0 Å². The highest BCUT2D eigenvalue weighted by Gasteiger charge is 2.15. The summed E-state index contributed by atoms with van der Waals surface area (Å²) in [4.78, 5) is 10.6. The molecule has 2 heterocycles. The Morgan fingerprint density at radius 2 is 2.37 bits per heavy atom. The number of likely N-dealkylation sites (N-methyl/N-ethyl adjacent to an activating group) is 1. The molecule has 1 atom stereocenters. The van der Waals surface area contributed by atoms with Crippen LogP contribution in [0.15, 0.2) is 6.07 Å². The lowest BCUT2D eigenvalue weighted by Crippen LogP contribution is -2.23. The molecule has 0 aliphatic carbocycles. The molecule has 1 saturated heterocycles. The van der Waals surface area contributed by atoms with Crippen molar-refractivity contribution in [3.05, 3.63) is 11.9 Å². The summed E-state index contributed by atoms with van der Waals surface area (Å²) >= 11 is 0. The van der Waals surface area contributed by atoms with Gasteiger partial charge >= 0.3 is 0 Å². The van der Waals surface area contributed by atoms with Crippen molar-refractivity contribution < 1.29 is 9.84 Å². The van der Waals surface area contributed by atoms with Gasteiger partial charge in [-0.25, -0.2) is 9.97 Å². The van der Waals surface area contributed by atoms with E-state index < -0.39 is 0 Å². The van der Waals surface area contributed by atoms with Crippen molar-refractivity contribution in [3.63, 3.8) is 0 Å². The van der Waals surface area contributed by atoms with Gasteiger partial charge in [0.05, 0.1) is 12.7 Å². The van der Waals surface area contributed by atoms with Gasteiger partial charge in [0, 0.05) is 32.8 Å². The van der Waals surface area contributed by atoms with Crippen LogP contribution in [0.4, 0.5) is 11.6 Å². The zero-order chi connectivity index (χ0) is 13.7. The maximum atomic E-state index is 8.97. The smallest absolute Gasteiger partial charge is 0.134 e. The summed E-state index contributed by atoms with van der Waals surface area (Å²) in [6.07, 6.45) is 2.53. The van der Waals surface area contributed by atoms with Gasteiger partial charge in [0.25, 0.3) is 0 Å². The number of nitrogens with zero attached hydrogens (tertiary/aromatic N) is 3. The molecule has 19 heavy (non-hydrogen) atoms. The van der Waals surface area contributed by atoms with Crippen molar-refractivity contribution in [3.8, 4) is 0 Å². The monoisotopic (exact) mass is 266 g/mol. The van der Waals surface area contributed by atoms with Crippen LogP contribution < -0.4 is 10.2 Å². The molecule has 1 aliphatic rings. The number of hydrogen-bond acceptors (Lipinski definition) is 6. The normalized spacial score (nSPS) is 18.6. The van der Waals surface area contributed by atoms with E-state index in [2.05, 4.69) is 15.3 Å². The number of aromatic nitrogens is 2. The van der Waals surface area contributed by atoms with Crippen molar-refractivity contribution in [1.29, 1.82) is 0 Å². The van der Waals surface area contributed by atoms with E-state index in [0.29, 0.717) is 6.54 Å². The predicted molar refractivity (Wildman–Crippen MR) is 74.6 cm³/mol. The Balaban J connectivity index is 1.99. The van der Waals surface area contributed by atoms with Crippen LogP contribution in [-0.4, -0.2) is 54.5 Å². The highest BCUT2D eigenvalue weighted by Crippen LogP contribution is 2.16. The van der Waals surface area contributed by atoms with E-state index in [0.717, 1.165) is 43.5 Å². The Hall–Kier alpha value is -1.40. The molecule has 6 nitrogen and oxygen atoms in total. The fraction of sp³-hybridized carbons (Fsp3) is 0.692. The molecule has 2 rings (SSSR count). The number of hydrogen-bond donors (Lipinski definition) is 2. The summed E-state index contributed by atoms with van der Waals surface area (Å²) < 4.78 is 5.57. The number of anilines is 2. The summed E-state index contributed by atoms with van der Waals surface area (Å²) in [6.45, 7) is 4.17. The lowest BCUT2D eigenvalue weighted by molar-refractivity contribution is 0.120. The second-order valence-corrected chi connectivity index (χ2v) is 4.82. The number of rotatable bonds is 6. The molecule has 1 aliphatic heterocycles. The van der Waals surface area contributed by atoms with Gasteiger partial charge in [0.15, 0.2) is 0 Å². The number of aryl methyl sites for hydroxylation is 1. The number of ether oxygens (including phenoxy) is 1. The zero-order valence-electron chi connectivity index (χ0n) is 11.6. The summed E-state index contributed by atoms with van der Waals surface area (Å²) in [5.41, 5.74) is 0. The highest BCUT2D eigenvalue weighted by atomic mass is 16.5. The van der Waals surface area contributed by atoms with Crippen molar-refractivity contribution in [2.75, 3.05) is 43.6 Å². The molecule has 0 amide bonds. The minimum absolute atomic E-state index is 0.109. The summed E-state index contributed by atoms with van der Waals surface area (Å²) in [5.74, 6) is 2.34. The first-order chi connectivity index (χ1) is 9.19. The molecular formula is C13H22N4O2. The van der Waals surface area contributed by atoms with Crippen LogP contribution >= 0.6 is 0 Å². The Morgan fingerprint density at radius 1 is 1.53 bits per heavy atom. The number of aliphatic hydroxyl groups excluding tert-OH is 1. The fourth-order valence-corrected chi connectivity index (χ4v) is 2.13. The van der Waals surface area contributed by atoms with Crippen LogP contribution in [0.25, 0.3) is 0 Å². The van der Waals surface area contributed by atoms with Crippen LogP contribution in [0.3, 0.4) is 0 Å². The third-order valence-corrected chi connectivity index (χ3v) is 3.19. The number of aliphatic hydroxyl groups is 1. The Kier molecular flexibility index (Phi) is 4.93. The fourth-order valence-electron chi connectivity index (χ4n) is 2.13. The molecule has 1 aromatic rings. The highest BCUT2D eigenvalue weighted by molar-refractivity contribution is 5.49. The van der Waals surface area contributed by atoms with E-state index in [4.69, 9.17) is 9.84 Å². The van der Waals surface area contributed by atoms with Crippen LogP contribution in [0.2, 0.25) is 0 Å². The van der Waals surface area contributed by atoms with Gasteiger partial charge in [0.2, 0.25) is 0 Å². The summed E-state index contributed by atoms with van der Waals surface area (Å²) in [6, 6.07) is 1.90. The van der Waals surface area contributed by atoms with Gasteiger partial charge in [-0.3, -0.25) is 0 Å². The third-order valence-electron chi connectivity index (χ3n) is 3.19. The number of nitrogens with one attached hydrogen (secondary N) is 1. The molecule has 1 fully saturated rings. The second-order valence-electron chi connectivity index (χ2n) is 4.82. The lowest BCUT2D eigenvalue weighted by atomic mass is 10.2. The van der Waals surface area contributed by atoms with Crippen molar-refractivity contribution in [2.24, 2.45) is 0 Å². The van der Waals surface area contributed by atoms with Gasteiger partial charge < -0.3 is 20.1 Å². The van der Waals surface area contributed by atoms with Crippen LogP contribution in [0, 0.1) is 6.92 Å². The summed E-state index contributed by atoms with van der Waals surface area (Å²) in [5, 5.41) is 12.3. The SMILES string of the molecule is Cc1nc(NCC2CCCO2)cc(N(C)CCO)n1. The maximum absolute atomic E-state index is 8.97. The molecule has 1 unspecified atom stereocenters. The van der Waals surface area contributed by atoms with E-state index in [1.807, 2.05) is 24.9 Å². The first kappa shape index (κ1) is 14.0. The van der Waals surface area contributed by atoms with Crippen LogP contribution in [0.1, 0.15) is 18.7 Å². The Labute approximate surface area is 113 Å². The minimum atomic E-state index is 0.109. The molecule has 0 aromatic carbocycles. The minimum Gasteiger partial charge on any atom is -0.395 e. The van der Waals surface area contributed by atoms with Crippen molar-refractivity contribution in [2.45, 2.75) is 25.9 Å². The van der Waals surface area contributed by atoms with Gasteiger partial charge in [-0.15, -0.1) is 0 Å². The molecule has 0 saturated carbocycles. The van der Waals surface area contributed by atoms with E-state index in [1.54, 1.807) is 0 Å². The standard InChI is InChI=1S/C13H22N4O2/c1-10-15-12(14-9-11-4-3-7-19-11)8-13(16-10)17(2)5-6-18/h8,11,18H,3-7,9H2,1-2H3,(H,14,15,16). The van der Waals surface area contributed by atoms with Crippen molar-refractivity contribution in [1.82, 2.24) is 9.97 Å². The van der Waals surface area contributed by atoms with E-state index in [-0.39, 0.29) is 12.7 Å². The topological polar surface area (TPSA) is 70.5 Å². The maximum Gasteiger partial charge on any atom is 0.134 e. The quantitative estimate of drug-likeness (QED) is 0.794. The Bertz CT molecular complexity index is 408. The summed E-state index contributed by atoms with van der Waals surface area (Å²) in [7, 11) is 1.90. The molecule has 2 N–H and O–H groups in total. The average molecular weight is 266 g/mol. The molecule has 6 heteroatoms. The van der Waals surface area contributed by atoms with Crippen LogP contribution in [0.5, 0.6) is 0 Å². The van der Waals surface area contributed by atoms with Gasteiger partial charge in [-0.1, -0.05) is 0 Å². The molecule has 0 radical (unpaired) electrons. The molecule has 106 valence electrons. The second kappa shape index (κ2) is 6.68. The molecule has 1 aromatic heterocycles. The van der Waals surface area contributed by atoms with Gasteiger partial charge in [0.1, 0.15) is 17.5 Å². The largest absolute Gasteiger partial charge is 0.395 e. The lowest BCUT2D eigenvalue weighted by Gasteiger charge is -2.18. The first-order valence-corrected chi connectivity index (χ1v) is 6.72. The molecule has 0 spiro atoms. The van der Waals surface area contributed by atoms with Gasteiger partial charge in [-0.2, -0.15) is 0 Å². The molecular weight excluding hydrogens is 244 g/mol.